The fourth-order valence-electron chi connectivity index (χ4n) is 2.75. The Hall–Kier alpha value is -2.51. The van der Waals surface area contributed by atoms with Gasteiger partial charge in [-0.3, -0.25) is 4.79 Å². The molecule has 1 heterocycles. The number of benzene rings is 2. The molecular weight excluding hydrogens is 396 g/mol. The first-order valence-corrected chi connectivity index (χ1v) is 10.1. The summed E-state index contributed by atoms with van der Waals surface area (Å²) in [6.45, 7) is 4.64. The molecule has 0 atom stereocenters. The van der Waals surface area contributed by atoms with Crippen LogP contribution in [0.5, 0.6) is 5.75 Å². The van der Waals surface area contributed by atoms with Crippen molar-refractivity contribution in [3.63, 3.8) is 0 Å². The van der Waals surface area contributed by atoms with Crippen LogP contribution in [0.25, 0.3) is 11.4 Å². The van der Waals surface area contributed by atoms with E-state index in [4.69, 9.17) is 16.3 Å². The van der Waals surface area contributed by atoms with Crippen LogP contribution >= 0.6 is 23.4 Å². The molecule has 0 aliphatic heterocycles. The molecule has 1 amide bonds. The van der Waals surface area contributed by atoms with Gasteiger partial charge in [0, 0.05) is 6.54 Å². The highest BCUT2D eigenvalue weighted by Gasteiger charge is 2.17. The van der Waals surface area contributed by atoms with E-state index >= 15 is 0 Å². The number of aromatic nitrogens is 3. The number of para-hydroxylation sites is 1. The Morgan fingerprint density at radius 2 is 2.04 bits per heavy atom. The molecule has 3 aromatic rings. The van der Waals surface area contributed by atoms with Crippen LogP contribution in [0.3, 0.4) is 0 Å². The maximum Gasteiger partial charge on any atom is 0.234 e. The van der Waals surface area contributed by atoms with Crippen molar-refractivity contribution in [1.82, 2.24) is 14.8 Å². The van der Waals surface area contributed by atoms with Crippen LogP contribution in [0.4, 0.5) is 5.69 Å². The number of nitrogens with zero attached hydrogens (tertiary/aromatic N) is 3. The van der Waals surface area contributed by atoms with E-state index in [0.29, 0.717) is 28.2 Å². The molecule has 1 aromatic heterocycles. The molecule has 0 unspecified atom stereocenters. The zero-order chi connectivity index (χ0) is 20.1. The van der Waals surface area contributed by atoms with Crippen LogP contribution in [-0.2, 0) is 11.3 Å². The number of rotatable bonds is 7. The van der Waals surface area contributed by atoms with Gasteiger partial charge in [0.1, 0.15) is 5.75 Å². The number of carbonyl (C=O) groups is 1. The van der Waals surface area contributed by atoms with Gasteiger partial charge in [0.2, 0.25) is 5.91 Å². The van der Waals surface area contributed by atoms with Gasteiger partial charge in [0.05, 0.1) is 29.1 Å². The fraction of sp³-hybridized carbons (Fsp3) is 0.250. The average Bonchev–Trinajstić information content (AvgIpc) is 3.11. The number of hydrogen-bond acceptors (Lipinski definition) is 5. The van der Waals surface area contributed by atoms with Crippen LogP contribution in [0.15, 0.2) is 47.6 Å². The quantitative estimate of drug-likeness (QED) is 0.567. The summed E-state index contributed by atoms with van der Waals surface area (Å²) in [5, 5.41) is 12.6. The number of hydrogen-bond donors (Lipinski definition) is 1. The number of carbonyl (C=O) groups excluding carboxylic acids is 1. The lowest BCUT2D eigenvalue weighted by atomic mass is 10.2. The smallest absolute Gasteiger partial charge is 0.234 e. The number of thioether (sulfide) groups is 1. The van der Waals surface area contributed by atoms with Crippen LogP contribution in [0, 0.1) is 6.92 Å². The maximum atomic E-state index is 12.3. The lowest BCUT2D eigenvalue weighted by Crippen LogP contribution is -2.15. The third-order valence-corrected chi connectivity index (χ3v) is 5.39. The zero-order valence-electron chi connectivity index (χ0n) is 15.9. The summed E-state index contributed by atoms with van der Waals surface area (Å²) in [5.74, 6) is 1.49. The van der Waals surface area contributed by atoms with Gasteiger partial charge >= 0.3 is 0 Å². The molecule has 3 rings (SSSR count). The third-order valence-electron chi connectivity index (χ3n) is 4.11. The van der Waals surface area contributed by atoms with Gasteiger partial charge in [-0.05, 0) is 43.7 Å². The average molecular weight is 417 g/mol. The standard InChI is InChI=1S/C20H21ClN4O2S/c1-4-25-19(14-7-5-6-8-17(14)27-3)23-24-20(25)28-12-18(26)22-16-10-9-13(2)11-15(16)21/h5-11H,4,12H2,1-3H3,(H,22,26). The number of ether oxygens (including phenoxy) is 1. The molecule has 0 saturated heterocycles. The van der Waals surface area contributed by atoms with Crippen molar-refractivity contribution in [2.24, 2.45) is 0 Å². The van der Waals surface area contributed by atoms with E-state index in [0.717, 1.165) is 16.9 Å². The highest BCUT2D eigenvalue weighted by atomic mass is 35.5. The summed E-state index contributed by atoms with van der Waals surface area (Å²) in [4.78, 5) is 12.3. The third kappa shape index (κ3) is 4.48. The Balaban J connectivity index is 1.73. The minimum atomic E-state index is -0.153. The van der Waals surface area contributed by atoms with Gasteiger partial charge in [-0.15, -0.1) is 10.2 Å². The van der Waals surface area contributed by atoms with E-state index in [1.165, 1.54) is 11.8 Å². The Labute approximate surface area is 173 Å². The van der Waals surface area contributed by atoms with Gasteiger partial charge in [0.25, 0.3) is 0 Å². The second kappa shape index (κ2) is 9.12. The van der Waals surface area contributed by atoms with E-state index < -0.39 is 0 Å². The fourth-order valence-corrected chi connectivity index (χ4v) is 3.83. The second-order valence-corrected chi connectivity index (χ2v) is 7.42. The van der Waals surface area contributed by atoms with Gasteiger partial charge in [0.15, 0.2) is 11.0 Å². The number of nitrogens with one attached hydrogen (secondary N) is 1. The topological polar surface area (TPSA) is 69.0 Å². The number of amides is 1. The van der Waals surface area contributed by atoms with E-state index in [2.05, 4.69) is 15.5 Å². The first-order valence-electron chi connectivity index (χ1n) is 8.78. The summed E-state index contributed by atoms with van der Waals surface area (Å²) >= 11 is 7.51. The van der Waals surface area contributed by atoms with Gasteiger partial charge in [-0.2, -0.15) is 0 Å². The number of aryl methyl sites for hydroxylation is 1. The SMILES string of the molecule is CCn1c(SCC(=O)Nc2ccc(C)cc2Cl)nnc1-c1ccccc1OC. The Morgan fingerprint density at radius 3 is 2.75 bits per heavy atom. The Kier molecular flexibility index (Phi) is 6.59. The largest absolute Gasteiger partial charge is 0.496 e. The highest BCUT2D eigenvalue weighted by molar-refractivity contribution is 7.99. The van der Waals surface area contributed by atoms with Crippen molar-refractivity contribution in [3.05, 3.63) is 53.1 Å². The van der Waals surface area contributed by atoms with E-state index in [-0.39, 0.29) is 11.7 Å². The maximum absolute atomic E-state index is 12.3. The molecule has 0 spiro atoms. The molecule has 0 aliphatic carbocycles. The first kappa shape index (κ1) is 20.2. The van der Waals surface area contributed by atoms with Crippen LogP contribution in [0.1, 0.15) is 12.5 Å². The predicted octanol–water partition coefficient (Wildman–Crippen LogP) is 4.67. The molecular formula is C20H21ClN4O2S. The van der Waals surface area contributed by atoms with Crippen molar-refractivity contribution in [1.29, 1.82) is 0 Å². The highest BCUT2D eigenvalue weighted by Crippen LogP contribution is 2.31. The molecule has 1 N–H and O–H groups in total. The van der Waals surface area contributed by atoms with Gasteiger partial charge in [-0.25, -0.2) is 0 Å². The van der Waals surface area contributed by atoms with Gasteiger partial charge in [-0.1, -0.05) is 41.6 Å². The minimum Gasteiger partial charge on any atom is -0.496 e. The molecule has 0 radical (unpaired) electrons. The van der Waals surface area contributed by atoms with Crippen LogP contribution < -0.4 is 10.1 Å². The molecule has 28 heavy (non-hydrogen) atoms. The van der Waals surface area contributed by atoms with Crippen LogP contribution in [0.2, 0.25) is 5.02 Å². The molecule has 146 valence electrons. The monoisotopic (exact) mass is 416 g/mol. The molecule has 2 aromatic carbocycles. The summed E-state index contributed by atoms with van der Waals surface area (Å²) < 4.78 is 7.40. The van der Waals surface area contributed by atoms with E-state index in [9.17, 15) is 4.79 Å². The first-order chi connectivity index (χ1) is 13.5. The summed E-state index contributed by atoms with van der Waals surface area (Å²) in [6, 6.07) is 13.2. The Morgan fingerprint density at radius 1 is 1.25 bits per heavy atom. The van der Waals surface area contributed by atoms with Crippen molar-refractivity contribution < 1.29 is 9.53 Å². The van der Waals surface area contributed by atoms with Crippen molar-refractivity contribution >= 4 is 35.0 Å². The van der Waals surface area contributed by atoms with Gasteiger partial charge < -0.3 is 14.6 Å². The lowest BCUT2D eigenvalue weighted by Gasteiger charge is -2.10. The molecule has 8 heteroatoms. The molecule has 0 aliphatic rings. The lowest BCUT2D eigenvalue weighted by molar-refractivity contribution is -0.113. The second-order valence-electron chi connectivity index (χ2n) is 6.07. The van der Waals surface area contributed by atoms with Crippen molar-refractivity contribution in [2.75, 3.05) is 18.2 Å². The van der Waals surface area contributed by atoms with Crippen molar-refractivity contribution in [3.8, 4) is 17.1 Å². The summed E-state index contributed by atoms with van der Waals surface area (Å²) in [5.41, 5.74) is 2.50. The Bertz CT molecular complexity index is 990. The van der Waals surface area contributed by atoms with E-state index in [1.54, 1.807) is 13.2 Å². The van der Waals surface area contributed by atoms with Crippen molar-refractivity contribution in [2.45, 2.75) is 25.5 Å². The zero-order valence-corrected chi connectivity index (χ0v) is 17.5. The minimum absolute atomic E-state index is 0.153. The number of methoxy groups -OCH3 is 1. The molecule has 0 saturated carbocycles. The molecule has 0 fully saturated rings. The predicted molar refractivity (Wildman–Crippen MR) is 113 cm³/mol. The summed E-state index contributed by atoms with van der Waals surface area (Å²) in [7, 11) is 1.63. The number of anilines is 1. The van der Waals surface area contributed by atoms with Crippen LogP contribution in [-0.4, -0.2) is 33.5 Å². The normalized spacial score (nSPS) is 10.7. The molecule has 0 bridgehead atoms. The molecule has 6 nitrogen and oxygen atoms in total. The number of halogens is 1. The van der Waals surface area contributed by atoms with E-state index in [1.807, 2.05) is 54.8 Å². The summed E-state index contributed by atoms with van der Waals surface area (Å²) in [6.07, 6.45) is 0.